The summed E-state index contributed by atoms with van der Waals surface area (Å²) in [6.07, 6.45) is 0. The van der Waals surface area contributed by atoms with E-state index in [9.17, 15) is 4.39 Å². The van der Waals surface area contributed by atoms with E-state index in [-0.39, 0.29) is 5.82 Å². The first-order chi connectivity index (χ1) is 4.74. The molecule has 0 amide bonds. The van der Waals surface area contributed by atoms with Gasteiger partial charge in [-0.05, 0) is 24.6 Å². The van der Waals surface area contributed by atoms with Crippen LogP contribution in [0.25, 0.3) is 4.85 Å². The summed E-state index contributed by atoms with van der Waals surface area (Å²) in [4.78, 5) is 3.14. The van der Waals surface area contributed by atoms with Gasteiger partial charge in [0.15, 0.2) is 5.69 Å². The number of benzene rings is 1. The van der Waals surface area contributed by atoms with Crippen LogP contribution in [0.15, 0.2) is 18.2 Å². The first-order valence-electron chi connectivity index (χ1n) is 2.87. The molecule has 1 aromatic carbocycles. The van der Waals surface area contributed by atoms with Crippen LogP contribution in [0.3, 0.4) is 0 Å². The number of nitrogens with zero attached hydrogens (tertiary/aromatic N) is 1. The maximum atomic E-state index is 12.4. The molecule has 0 fully saturated rings. The molecule has 1 rings (SSSR count). The van der Waals surface area contributed by atoms with Crippen LogP contribution in [0, 0.1) is 19.3 Å². The molecule has 0 saturated heterocycles. The SMILES string of the molecule is [C-]#[N+]c1cc(F)ccc1C. The molecule has 0 unspecified atom stereocenters. The molecule has 1 aromatic rings. The van der Waals surface area contributed by atoms with Crippen molar-refractivity contribution < 1.29 is 4.39 Å². The maximum Gasteiger partial charge on any atom is 0.192 e. The molecule has 2 heteroatoms. The number of hydrogen-bond acceptors (Lipinski definition) is 0. The molecule has 0 spiro atoms. The zero-order chi connectivity index (χ0) is 7.56. The highest BCUT2D eigenvalue weighted by Crippen LogP contribution is 2.18. The molecular formula is C8H6FN. The Morgan fingerprint density at radius 3 is 2.70 bits per heavy atom. The van der Waals surface area contributed by atoms with E-state index < -0.39 is 0 Å². The fraction of sp³-hybridized carbons (Fsp3) is 0.125. The molecule has 1 nitrogen and oxygen atoms in total. The molecule has 0 aliphatic rings. The average Bonchev–Trinajstić information content (AvgIpc) is 1.94. The summed E-state index contributed by atoms with van der Waals surface area (Å²) >= 11 is 0. The Labute approximate surface area is 58.9 Å². The lowest BCUT2D eigenvalue weighted by atomic mass is 10.2. The van der Waals surface area contributed by atoms with Crippen LogP contribution < -0.4 is 0 Å². The van der Waals surface area contributed by atoms with Crippen molar-refractivity contribution in [3.63, 3.8) is 0 Å². The van der Waals surface area contributed by atoms with E-state index >= 15 is 0 Å². The summed E-state index contributed by atoms with van der Waals surface area (Å²) in [6.45, 7) is 8.42. The van der Waals surface area contributed by atoms with Gasteiger partial charge in [0.05, 0.1) is 6.57 Å². The van der Waals surface area contributed by atoms with Crippen molar-refractivity contribution in [2.45, 2.75) is 6.92 Å². The van der Waals surface area contributed by atoms with Crippen LogP contribution in [-0.2, 0) is 0 Å². The first kappa shape index (κ1) is 6.76. The Hall–Kier alpha value is -1.36. The molecule has 0 atom stereocenters. The molecule has 0 saturated carbocycles. The Kier molecular flexibility index (Phi) is 1.68. The second-order valence-corrected chi connectivity index (χ2v) is 2.04. The van der Waals surface area contributed by atoms with Gasteiger partial charge in [-0.2, -0.15) is 0 Å². The topological polar surface area (TPSA) is 4.36 Å². The van der Waals surface area contributed by atoms with Crippen LogP contribution in [0.2, 0.25) is 0 Å². The molecule has 0 heterocycles. The minimum absolute atomic E-state index is 0.350. The van der Waals surface area contributed by atoms with Crippen molar-refractivity contribution in [3.05, 3.63) is 41.0 Å². The van der Waals surface area contributed by atoms with Crippen molar-refractivity contribution in [3.8, 4) is 0 Å². The van der Waals surface area contributed by atoms with Gasteiger partial charge < -0.3 is 0 Å². The fourth-order valence-electron chi connectivity index (χ4n) is 0.703. The van der Waals surface area contributed by atoms with E-state index in [1.807, 2.05) is 0 Å². The summed E-state index contributed by atoms with van der Waals surface area (Å²) < 4.78 is 12.4. The smallest absolute Gasteiger partial charge is 0.192 e. The zero-order valence-electron chi connectivity index (χ0n) is 5.56. The van der Waals surface area contributed by atoms with Gasteiger partial charge in [0, 0.05) is 0 Å². The minimum atomic E-state index is -0.350. The summed E-state index contributed by atoms with van der Waals surface area (Å²) in [5.41, 5.74) is 1.21. The lowest BCUT2D eigenvalue weighted by Crippen LogP contribution is -1.74. The van der Waals surface area contributed by atoms with E-state index in [0.29, 0.717) is 5.69 Å². The molecule has 0 radical (unpaired) electrons. The predicted octanol–water partition coefficient (Wildman–Crippen LogP) is 2.68. The molecule has 0 bridgehead atoms. The van der Waals surface area contributed by atoms with E-state index in [4.69, 9.17) is 6.57 Å². The Balaban J connectivity index is 3.25. The number of halogens is 1. The third-order valence-corrected chi connectivity index (χ3v) is 1.29. The molecule has 0 aliphatic heterocycles. The Bertz CT molecular complexity index is 286. The van der Waals surface area contributed by atoms with Gasteiger partial charge >= 0.3 is 0 Å². The van der Waals surface area contributed by atoms with E-state index in [0.717, 1.165) is 5.56 Å². The van der Waals surface area contributed by atoms with Gasteiger partial charge in [-0.3, -0.25) is 0 Å². The summed E-state index contributed by atoms with van der Waals surface area (Å²) in [7, 11) is 0. The summed E-state index contributed by atoms with van der Waals surface area (Å²) in [5, 5.41) is 0. The van der Waals surface area contributed by atoms with Crippen LogP contribution in [0.5, 0.6) is 0 Å². The molecule has 0 aromatic heterocycles. The largest absolute Gasteiger partial charge is 0.238 e. The minimum Gasteiger partial charge on any atom is -0.238 e. The lowest BCUT2D eigenvalue weighted by molar-refractivity contribution is 0.628. The quantitative estimate of drug-likeness (QED) is 0.482. The van der Waals surface area contributed by atoms with E-state index in [1.54, 1.807) is 13.0 Å². The zero-order valence-corrected chi connectivity index (χ0v) is 5.56. The van der Waals surface area contributed by atoms with Crippen LogP contribution in [-0.4, -0.2) is 0 Å². The van der Waals surface area contributed by atoms with Crippen molar-refractivity contribution in [1.82, 2.24) is 0 Å². The first-order valence-corrected chi connectivity index (χ1v) is 2.87. The van der Waals surface area contributed by atoms with Crippen molar-refractivity contribution in [2.75, 3.05) is 0 Å². The second-order valence-electron chi connectivity index (χ2n) is 2.04. The average molecular weight is 135 g/mol. The summed E-state index contributed by atoms with van der Waals surface area (Å²) in [5.74, 6) is -0.350. The van der Waals surface area contributed by atoms with E-state index in [2.05, 4.69) is 4.85 Å². The molecule has 0 aliphatic carbocycles. The monoisotopic (exact) mass is 135 g/mol. The number of rotatable bonds is 0. The lowest BCUT2D eigenvalue weighted by Gasteiger charge is -1.93. The highest BCUT2D eigenvalue weighted by molar-refractivity contribution is 5.51. The predicted molar refractivity (Wildman–Crippen MR) is 37.4 cm³/mol. The van der Waals surface area contributed by atoms with Gasteiger partial charge in [0.1, 0.15) is 5.82 Å². The van der Waals surface area contributed by atoms with Crippen molar-refractivity contribution in [2.24, 2.45) is 0 Å². The number of aryl methyl sites for hydroxylation is 1. The third kappa shape index (κ3) is 1.14. The van der Waals surface area contributed by atoms with Crippen molar-refractivity contribution >= 4 is 5.69 Å². The Morgan fingerprint density at radius 1 is 1.50 bits per heavy atom. The Morgan fingerprint density at radius 2 is 2.20 bits per heavy atom. The number of hydrogen-bond donors (Lipinski definition) is 0. The normalized spacial score (nSPS) is 8.90. The van der Waals surface area contributed by atoms with Crippen LogP contribution >= 0.6 is 0 Å². The van der Waals surface area contributed by atoms with Crippen LogP contribution in [0.4, 0.5) is 10.1 Å². The van der Waals surface area contributed by atoms with Gasteiger partial charge in [0.2, 0.25) is 0 Å². The van der Waals surface area contributed by atoms with Gasteiger partial charge in [-0.1, -0.05) is 6.07 Å². The molecule has 0 N–H and O–H groups in total. The molecule has 10 heavy (non-hydrogen) atoms. The molecule has 50 valence electrons. The highest BCUT2D eigenvalue weighted by Gasteiger charge is 1.96. The van der Waals surface area contributed by atoms with Gasteiger partial charge in [-0.25, -0.2) is 9.24 Å². The highest BCUT2D eigenvalue weighted by atomic mass is 19.1. The van der Waals surface area contributed by atoms with Crippen LogP contribution in [0.1, 0.15) is 5.56 Å². The van der Waals surface area contributed by atoms with Crippen molar-refractivity contribution in [1.29, 1.82) is 0 Å². The molecular weight excluding hydrogens is 129 g/mol. The van der Waals surface area contributed by atoms with Gasteiger partial charge in [0.25, 0.3) is 0 Å². The standard InChI is InChI=1S/C8H6FN/c1-6-3-4-7(9)5-8(6)10-2/h3-5H,1H3. The second kappa shape index (κ2) is 2.49. The van der Waals surface area contributed by atoms with Gasteiger partial charge in [-0.15, -0.1) is 0 Å². The fourth-order valence-corrected chi connectivity index (χ4v) is 0.703. The summed E-state index contributed by atoms with van der Waals surface area (Å²) in [6, 6.07) is 4.19. The van der Waals surface area contributed by atoms with E-state index in [1.165, 1.54) is 12.1 Å². The third-order valence-electron chi connectivity index (χ3n) is 1.29. The maximum absolute atomic E-state index is 12.4.